The number of methoxy groups -OCH3 is 1. The van der Waals surface area contributed by atoms with Crippen LogP contribution in [0.1, 0.15) is 79.6 Å². The highest BCUT2D eigenvalue weighted by atomic mass is 16.6. The number of fused-ring (bicyclic) bond motifs is 3. The van der Waals surface area contributed by atoms with Crippen LogP contribution in [0.25, 0.3) is 0 Å². The van der Waals surface area contributed by atoms with Crippen molar-refractivity contribution in [1.29, 1.82) is 0 Å². The van der Waals surface area contributed by atoms with E-state index in [0.717, 1.165) is 16.7 Å². The number of Topliss-reactive ketones (excluding diaryl/α,β-unsaturated/α-hetero) is 1. The summed E-state index contributed by atoms with van der Waals surface area (Å²) in [7, 11) is 1.52. The lowest BCUT2D eigenvalue weighted by atomic mass is 9.47. The molecule has 2 aliphatic heterocycles. The van der Waals surface area contributed by atoms with Gasteiger partial charge in [-0.1, -0.05) is 23.6 Å². The molecule has 2 heterocycles. The van der Waals surface area contributed by atoms with Gasteiger partial charge in [-0.25, -0.2) is 4.79 Å². The molecule has 0 aromatic heterocycles. The molecule has 8 nitrogen and oxygen atoms in total. The third kappa shape index (κ3) is 2.76. The summed E-state index contributed by atoms with van der Waals surface area (Å²) in [5.41, 5.74) is -2.06. The number of rotatable bonds is 3. The Morgan fingerprint density at radius 1 is 1.11 bits per heavy atom. The second-order valence-corrected chi connectivity index (χ2v) is 13.1. The van der Waals surface area contributed by atoms with E-state index in [0.29, 0.717) is 44.1 Å². The lowest BCUT2D eigenvalue weighted by molar-refractivity contribution is -0.236. The monoisotopic (exact) mass is 516 g/mol. The van der Waals surface area contributed by atoms with Gasteiger partial charge >= 0.3 is 5.97 Å². The molecule has 1 saturated heterocycles. The summed E-state index contributed by atoms with van der Waals surface area (Å²) in [5, 5.41) is 35.5. The van der Waals surface area contributed by atoms with Gasteiger partial charge in [-0.3, -0.25) is 4.79 Å². The number of ether oxygens (including phenoxy) is 3. The van der Waals surface area contributed by atoms with Crippen molar-refractivity contribution in [2.24, 2.45) is 16.7 Å². The molecule has 10 unspecified atom stereocenters. The van der Waals surface area contributed by atoms with E-state index in [1.165, 1.54) is 7.11 Å². The van der Waals surface area contributed by atoms with Crippen molar-refractivity contribution in [3.05, 3.63) is 22.3 Å². The summed E-state index contributed by atoms with van der Waals surface area (Å²) in [6.45, 7) is 9.16. The first-order valence-corrected chi connectivity index (χ1v) is 13.7. The average molecular weight is 517 g/mol. The van der Waals surface area contributed by atoms with Gasteiger partial charge in [0.2, 0.25) is 0 Å². The van der Waals surface area contributed by atoms with E-state index in [-0.39, 0.29) is 24.2 Å². The summed E-state index contributed by atoms with van der Waals surface area (Å²) in [4.78, 5) is 26.2. The van der Waals surface area contributed by atoms with Crippen molar-refractivity contribution in [1.82, 2.24) is 0 Å². The van der Waals surface area contributed by atoms with Gasteiger partial charge in [-0.05, 0) is 65.7 Å². The van der Waals surface area contributed by atoms with Crippen LogP contribution in [0.2, 0.25) is 0 Å². The van der Waals surface area contributed by atoms with Crippen LogP contribution in [-0.4, -0.2) is 75.4 Å². The largest absolute Gasteiger partial charge is 0.455 e. The standard InChI is InChI=1S/C29H40O8/c1-14-11-21(36-24(32)15(14)2)27(5,33)28(34)10-8-17-16-12-22-29(37-22)23(31)19(35-6)13-20(30)26(29,4)18(16)7-9-25(17,28)3/h18-19,21-23,31,33-34H,7-13H2,1-6H3. The molecular weight excluding hydrogens is 476 g/mol. The summed E-state index contributed by atoms with van der Waals surface area (Å²) >= 11 is 0. The minimum absolute atomic E-state index is 0.0607. The normalized spacial score (nSPS) is 50.6. The molecule has 0 aromatic carbocycles. The van der Waals surface area contributed by atoms with E-state index in [4.69, 9.17) is 14.2 Å². The smallest absolute Gasteiger partial charge is 0.334 e. The Kier molecular flexibility index (Phi) is 5.23. The molecule has 204 valence electrons. The number of carbonyl (C=O) groups is 2. The Bertz CT molecular complexity index is 1150. The summed E-state index contributed by atoms with van der Waals surface area (Å²) in [6.07, 6.45) is 0.713. The van der Waals surface area contributed by atoms with Crippen LogP contribution in [0.4, 0.5) is 0 Å². The third-order valence-electron chi connectivity index (χ3n) is 11.9. The molecule has 10 atom stereocenters. The lowest BCUT2D eigenvalue weighted by Gasteiger charge is -2.57. The fourth-order valence-corrected chi connectivity index (χ4v) is 9.25. The van der Waals surface area contributed by atoms with Crippen molar-refractivity contribution in [2.45, 2.75) is 121 Å². The minimum Gasteiger partial charge on any atom is -0.455 e. The van der Waals surface area contributed by atoms with E-state index in [1.54, 1.807) is 13.8 Å². The first kappa shape index (κ1) is 25.7. The Hall–Kier alpha value is -1.58. The van der Waals surface area contributed by atoms with Crippen LogP contribution in [0.15, 0.2) is 22.3 Å². The Morgan fingerprint density at radius 3 is 2.46 bits per heavy atom. The number of cyclic esters (lactones) is 1. The zero-order chi connectivity index (χ0) is 26.9. The highest BCUT2D eigenvalue weighted by Crippen LogP contribution is 2.72. The minimum atomic E-state index is -1.67. The molecule has 4 aliphatic carbocycles. The summed E-state index contributed by atoms with van der Waals surface area (Å²) in [6, 6.07) is 0. The number of hydrogen-bond acceptors (Lipinski definition) is 8. The molecule has 4 fully saturated rings. The topological polar surface area (TPSA) is 126 Å². The molecule has 3 saturated carbocycles. The average Bonchev–Trinajstić information content (AvgIpc) is 3.51. The number of carbonyl (C=O) groups excluding carboxylic acids is 2. The van der Waals surface area contributed by atoms with Gasteiger partial charge in [0.25, 0.3) is 0 Å². The van der Waals surface area contributed by atoms with Crippen LogP contribution >= 0.6 is 0 Å². The third-order valence-corrected chi connectivity index (χ3v) is 11.9. The van der Waals surface area contributed by atoms with Gasteiger partial charge in [0.1, 0.15) is 34.8 Å². The molecule has 0 amide bonds. The van der Waals surface area contributed by atoms with E-state index in [9.17, 15) is 24.9 Å². The fourth-order valence-electron chi connectivity index (χ4n) is 9.25. The van der Waals surface area contributed by atoms with Crippen LogP contribution in [0, 0.1) is 16.7 Å². The number of ketones is 1. The second-order valence-electron chi connectivity index (χ2n) is 13.1. The number of epoxide rings is 1. The lowest BCUT2D eigenvalue weighted by Crippen LogP contribution is -2.68. The van der Waals surface area contributed by atoms with E-state index >= 15 is 0 Å². The maximum absolute atomic E-state index is 13.7. The SMILES string of the molecule is COC1CC(=O)C2(C)C3CCC4(C)C(=C3CC3OC32C1O)CCC4(O)C(C)(O)C1CC(C)=C(C)C(=O)O1. The van der Waals surface area contributed by atoms with Crippen LogP contribution in [0.5, 0.6) is 0 Å². The van der Waals surface area contributed by atoms with E-state index < -0.39 is 51.9 Å². The first-order chi connectivity index (χ1) is 17.2. The molecule has 37 heavy (non-hydrogen) atoms. The summed E-state index contributed by atoms with van der Waals surface area (Å²) < 4.78 is 17.4. The Morgan fingerprint density at radius 2 is 1.81 bits per heavy atom. The van der Waals surface area contributed by atoms with Gasteiger partial charge in [0.15, 0.2) is 0 Å². The number of esters is 1. The molecule has 6 rings (SSSR count). The molecule has 0 aromatic rings. The molecule has 3 N–H and O–H groups in total. The first-order valence-electron chi connectivity index (χ1n) is 13.7. The van der Waals surface area contributed by atoms with Gasteiger partial charge in [-0.2, -0.15) is 0 Å². The maximum Gasteiger partial charge on any atom is 0.334 e. The molecular formula is C29H40O8. The van der Waals surface area contributed by atoms with Crippen molar-refractivity contribution in [3.63, 3.8) is 0 Å². The number of hydrogen-bond donors (Lipinski definition) is 3. The fraction of sp³-hybridized carbons (Fsp3) is 0.793. The maximum atomic E-state index is 13.7. The zero-order valence-corrected chi connectivity index (χ0v) is 22.7. The van der Waals surface area contributed by atoms with E-state index in [1.807, 2.05) is 20.8 Å². The highest BCUT2D eigenvalue weighted by Gasteiger charge is 2.81. The molecule has 1 spiro atoms. The molecule has 0 bridgehead atoms. The van der Waals surface area contributed by atoms with Crippen molar-refractivity contribution >= 4 is 11.8 Å². The molecule has 0 radical (unpaired) electrons. The Balaban J connectivity index is 1.40. The molecule has 8 heteroatoms. The highest BCUT2D eigenvalue weighted by molar-refractivity contribution is 5.90. The Labute approximate surface area is 218 Å². The van der Waals surface area contributed by atoms with Gasteiger partial charge in [0, 0.05) is 30.9 Å². The predicted molar refractivity (Wildman–Crippen MR) is 132 cm³/mol. The van der Waals surface area contributed by atoms with Crippen LogP contribution in [-0.2, 0) is 23.8 Å². The molecule has 6 aliphatic rings. The predicted octanol–water partition coefficient (Wildman–Crippen LogP) is 2.52. The number of aliphatic hydroxyl groups is 3. The summed E-state index contributed by atoms with van der Waals surface area (Å²) in [5.74, 6) is -0.485. The van der Waals surface area contributed by atoms with E-state index in [2.05, 4.69) is 0 Å². The van der Waals surface area contributed by atoms with Crippen LogP contribution < -0.4 is 0 Å². The number of aliphatic hydroxyl groups excluding tert-OH is 1. The zero-order valence-electron chi connectivity index (χ0n) is 22.7. The quantitative estimate of drug-likeness (QED) is 0.297. The second kappa shape index (κ2) is 7.54. The van der Waals surface area contributed by atoms with Gasteiger partial charge in [-0.15, -0.1) is 0 Å². The van der Waals surface area contributed by atoms with Gasteiger partial charge < -0.3 is 29.5 Å². The van der Waals surface area contributed by atoms with Crippen molar-refractivity contribution < 1.29 is 39.1 Å². The van der Waals surface area contributed by atoms with Crippen LogP contribution in [0.3, 0.4) is 0 Å². The van der Waals surface area contributed by atoms with Crippen molar-refractivity contribution in [3.8, 4) is 0 Å². The van der Waals surface area contributed by atoms with Crippen molar-refractivity contribution in [2.75, 3.05) is 7.11 Å². The van der Waals surface area contributed by atoms with Gasteiger partial charge in [0.05, 0.1) is 17.6 Å².